The molecule has 0 atom stereocenters. The summed E-state index contributed by atoms with van der Waals surface area (Å²) in [5.74, 6) is -0.0401. The minimum atomic E-state index is -3.75. The second-order valence-corrected chi connectivity index (χ2v) is 8.44. The summed E-state index contributed by atoms with van der Waals surface area (Å²) in [4.78, 5) is 4.23. The molecule has 0 unspecified atom stereocenters. The van der Waals surface area contributed by atoms with E-state index in [-0.39, 0.29) is 22.7 Å². The molecule has 136 valence electrons. The van der Waals surface area contributed by atoms with Crippen molar-refractivity contribution < 1.29 is 13.5 Å². The van der Waals surface area contributed by atoms with Crippen molar-refractivity contribution in [2.75, 3.05) is 7.05 Å². The molecule has 1 heterocycles. The number of phenolic OH excluding ortho intramolecular Hbond substituents is 1. The zero-order valence-electron chi connectivity index (χ0n) is 14.7. The number of benzene rings is 3. The number of sulfonamides is 1. The van der Waals surface area contributed by atoms with Crippen LogP contribution in [0.15, 0.2) is 77.8 Å². The normalized spacial score (nSPS) is 12.1. The smallest absolute Gasteiger partial charge is 0.243 e. The highest BCUT2D eigenvalue weighted by atomic mass is 32.2. The van der Waals surface area contributed by atoms with Crippen LogP contribution >= 0.6 is 0 Å². The summed E-state index contributed by atoms with van der Waals surface area (Å²) in [7, 11) is -2.20. The van der Waals surface area contributed by atoms with Crippen LogP contribution in [-0.2, 0) is 16.6 Å². The van der Waals surface area contributed by atoms with Gasteiger partial charge in [-0.25, -0.2) is 8.42 Å². The van der Waals surface area contributed by atoms with Crippen LogP contribution in [0.4, 0.5) is 0 Å². The lowest BCUT2D eigenvalue weighted by atomic mass is 10.1. The highest BCUT2D eigenvalue weighted by Gasteiger charge is 2.24. The number of phenols is 1. The van der Waals surface area contributed by atoms with E-state index < -0.39 is 10.0 Å². The molecule has 1 aromatic heterocycles. The maximum atomic E-state index is 13.1. The molecule has 0 radical (unpaired) electrons. The minimum Gasteiger partial charge on any atom is -0.506 e. The number of nitrogens with zero attached hydrogens (tertiary/aromatic N) is 2. The highest BCUT2D eigenvalue weighted by molar-refractivity contribution is 7.89. The standard InChI is InChI=1S/C21H18N2O3S/c1-23(14-15-8-9-16-5-2-3-6-17(16)13-15)27(25,26)20-11-10-19(24)21-18(20)7-4-12-22-21/h2-13,24H,14H2,1H3. The molecule has 0 aliphatic heterocycles. The van der Waals surface area contributed by atoms with E-state index >= 15 is 0 Å². The first-order valence-corrected chi connectivity index (χ1v) is 9.91. The SMILES string of the molecule is CN(Cc1ccc2ccccc2c1)S(=O)(=O)c1ccc(O)c2ncccc12. The van der Waals surface area contributed by atoms with Crippen LogP contribution in [0.3, 0.4) is 0 Å². The Balaban J connectivity index is 1.72. The predicted molar refractivity (Wildman–Crippen MR) is 106 cm³/mol. The van der Waals surface area contributed by atoms with E-state index in [0.717, 1.165) is 16.3 Å². The summed E-state index contributed by atoms with van der Waals surface area (Å²) in [6.45, 7) is 0.246. The molecule has 3 aromatic carbocycles. The zero-order valence-corrected chi connectivity index (χ0v) is 15.5. The van der Waals surface area contributed by atoms with Crippen molar-refractivity contribution in [3.63, 3.8) is 0 Å². The molecule has 0 spiro atoms. The van der Waals surface area contributed by atoms with Crippen LogP contribution < -0.4 is 0 Å². The zero-order chi connectivity index (χ0) is 19.0. The average molecular weight is 378 g/mol. The maximum absolute atomic E-state index is 13.1. The summed E-state index contributed by atoms with van der Waals surface area (Å²) >= 11 is 0. The number of fused-ring (bicyclic) bond motifs is 2. The van der Waals surface area contributed by atoms with E-state index in [2.05, 4.69) is 4.98 Å². The first kappa shape index (κ1) is 17.5. The Bertz CT molecular complexity index is 1250. The summed E-state index contributed by atoms with van der Waals surface area (Å²) in [5.41, 5.74) is 1.18. The first-order valence-electron chi connectivity index (χ1n) is 8.47. The molecule has 0 bridgehead atoms. The van der Waals surface area contributed by atoms with Gasteiger partial charge in [0.25, 0.3) is 0 Å². The van der Waals surface area contributed by atoms with Crippen LogP contribution in [0.5, 0.6) is 5.75 Å². The average Bonchev–Trinajstić information content (AvgIpc) is 2.68. The van der Waals surface area contributed by atoms with Gasteiger partial charge in [-0.05, 0) is 46.7 Å². The van der Waals surface area contributed by atoms with E-state index in [1.807, 2.05) is 42.5 Å². The molecule has 0 amide bonds. The Kier molecular flexibility index (Phi) is 4.30. The molecule has 0 saturated carbocycles. The van der Waals surface area contributed by atoms with E-state index in [9.17, 15) is 13.5 Å². The van der Waals surface area contributed by atoms with Crippen molar-refractivity contribution in [2.24, 2.45) is 0 Å². The van der Waals surface area contributed by atoms with Gasteiger partial charge in [0.05, 0.1) is 4.90 Å². The molecule has 4 rings (SSSR count). The first-order chi connectivity index (χ1) is 13.0. The Morgan fingerprint density at radius 3 is 2.56 bits per heavy atom. The van der Waals surface area contributed by atoms with Crippen molar-refractivity contribution in [3.05, 3.63) is 78.5 Å². The van der Waals surface area contributed by atoms with E-state index in [0.29, 0.717) is 5.39 Å². The highest BCUT2D eigenvalue weighted by Crippen LogP contribution is 2.30. The fourth-order valence-electron chi connectivity index (χ4n) is 3.20. The number of hydrogen-bond acceptors (Lipinski definition) is 4. The van der Waals surface area contributed by atoms with Gasteiger partial charge >= 0.3 is 0 Å². The quantitative estimate of drug-likeness (QED) is 0.584. The molecule has 27 heavy (non-hydrogen) atoms. The Morgan fingerprint density at radius 1 is 0.963 bits per heavy atom. The summed E-state index contributed by atoms with van der Waals surface area (Å²) in [6.07, 6.45) is 1.53. The van der Waals surface area contributed by atoms with Gasteiger partial charge in [-0.1, -0.05) is 36.4 Å². The van der Waals surface area contributed by atoms with Gasteiger partial charge in [0.1, 0.15) is 11.3 Å². The maximum Gasteiger partial charge on any atom is 0.243 e. The number of aromatic hydroxyl groups is 1. The fourth-order valence-corrected chi connectivity index (χ4v) is 4.54. The van der Waals surface area contributed by atoms with Crippen LogP contribution in [0, 0.1) is 0 Å². The van der Waals surface area contributed by atoms with E-state index in [1.54, 1.807) is 19.2 Å². The predicted octanol–water partition coefficient (Wildman–Crippen LogP) is 3.91. The third-order valence-electron chi connectivity index (χ3n) is 4.62. The lowest BCUT2D eigenvalue weighted by molar-refractivity contribution is 0.466. The van der Waals surface area contributed by atoms with Gasteiger partial charge in [0.15, 0.2) is 0 Å². The van der Waals surface area contributed by atoms with E-state index in [1.165, 1.54) is 22.6 Å². The van der Waals surface area contributed by atoms with Crippen LogP contribution in [0.25, 0.3) is 21.7 Å². The Morgan fingerprint density at radius 2 is 1.74 bits per heavy atom. The molecule has 5 nitrogen and oxygen atoms in total. The fraction of sp³-hybridized carbons (Fsp3) is 0.0952. The number of pyridine rings is 1. The Labute approximate surface area is 157 Å². The van der Waals surface area contributed by atoms with Gasteiger partial charge in [0, 0.05) is 25.2 Å². The van der Waals surface area contributed by atoms with Crippen LogP contribution in [-0.4, -0.2) is 29.9 Å². The molecule has 1 N–H and O–H groups in total. The van der Waals surface area contributed by atoms with Gasteiger partial charge in [-0.15, -0.1) is 0 Å². The second-order valence-electron chi connectivity index (χ2n) is 6.42. The molecule has 0 fully saturated rings. The molecule has 4 aromatic rings. The van der Waals surface area contributed by atoms with Crippen molar-refractivity contribution in [2.45, 2.75) is 11.4 Å². The molecular weight excluding hydrogens is 360 g/mol. The van der Waals surface area contributed by atoms with Crippen molar-refractivity contribution >= 4 is 31.7 Å². The lowest BCUT2D eigenvalue weighted by Crippen LogP contribution is -2.26. The van der Waals surface area contributed by atoms with E-state index in [4.69, 9.17) is 0 Å². The Hall–Kier alpha value is -2.96. The summed E-state index contributed by atoms with van der Waals surface area (Å²) in [5, 5.41) is 12.6. The third-order valence-corrected chi connectivity index (χ3v) is 6.48. The second kappa shape index (κ2) is 6.64. The van der Waals surface area contributed by atoms with Gasteiger partial charge < -0.3 is 5.11 Å². The summed E-state index contributed by atoms with van der Waals surface area (Å²) in [6, 6.07) is 20.0. The molecule has 0 saturated heterocycles. The van der Waals surface area contributed by atoms with Gasteiger partial charge in [-0.2, -0.15) is 4.31 Å². The molecule has 6 heteroatoms. The van der Waals surface area contributed by atoms with Gasteiger partial charge in [0.2, 0.25) is 10.0 Å². The van der Waals surface area contributed by atoms with Gasteiger partial charge in [-0.3, -0.25) is 4.98 Å². The minimum absolute atomic E-state index is 0.0401. The third kappa shape index (κ3) is 3.13. The number of aromatic nitrogens is 1. The molecule has 0 aliphatic rings. The summed E-state index contributed by atoms with van der Waals surface area (Å²) < 4.78 is 27.6. The van der Waals surface area contributed by atoms with Crippen LogP contribution in [0.2, 0.25) is 0 Å². The van der Waals surface area contributed by atoms with Crippen LogP contribution in [0.1, 0.15) is 5.56 Å². The monoisotopic (exact) mass is 378 g/mol. The topological polar surface area (TPSA) is 70.5 Å². The molecule has 0 aliphatic carbocycles. The van der Waals surface area contributed by atoms with Crippen molar-refractivity contribution in [1.82, 2.24) is 9.29 Å². The van der Waals surface area contributed by atoms with Crippen molar-refractivity contribution in [1.29, 1.82) is 0 Å². The number of rotatable bonds is 4. The lowest BCUT2D eigenvalue weighted by Gasteiger charge is -2.19. The number of hydrogen-bond donors (Lipinski definition) is 1. The van der Waals surface area contributed by atoms with Crippen molar-refractivity contribution in [3.8, 4) is 5.75 Å². The molecular formula is C21H18N2O3S. The largest absolute Gasteiger partial charge is 0.506 e.